The quantitative estimate of drug-likeness (QED) is 0.836. The van der Waals surface area contributed by atoms with Crippen LogP contribution in [-0.4, -0.2) is 43.8 Å². The van der Waals surface area contributed by atoms with Gasteiger partial charge in [0, 0.05) is 32.2 Å². The summed E-state index contributed by atoms with van der Waals surface area (Å²) in [5.74, 6) is 0.735. The first-order valence-corrected chi connectivity index (χ1v) is 8.23. The molecule has 1 aliphatic rings. The maximum atomic E-state index is 5.48. The summed E-state index contributed by atoms with van der Waals surface area (Å²) in [5.41, 5.74) is 2.71. The van der Waals surface area contributed by atoms with Crippen molar-refractivity contribution in [3.05, 3.63) is 35.4 Å². The van der Waals surface area contributed by atoms with Gasteiger partial charge in [-0.3, -0.25) is 4.90 Å². The fraction of sp³-hybridized carbons (Fsp3) is 0.667. The lowest BCUT2D eigenvalue weighted by molar-refractivity contribution is 0.0123. The number of aryl methyl sites for hydroxylation is 1. The zero-order valence-electron chi connectivity index (χ0n) is 13.8. The summed E-state index contributed by atoms with van der Waals surface area (Å²) >= 11 is 0. The summed E-state index contributed by atoms with van der Waals surface area (Å²) in [6.07, 6.45) is 1.25. The highest BCUT2D eigenvalue weighted by Gasteiger charge is 2.21. The van der Waals surface area contributed by atoms with Gasteiger partial charge < -0.3 is 10.1 Å². The van der Waals surface area contributed by atoms with E-state index < -0.39 is 0 Å². The van der Waals surface area contributed by atoms with Gasteiger partial charge in [-0.25, -0.2) is 0 Å². The van der Waals surface area contributed by atoms with Crippen molar-refractivity contribution in [3.8, 4) is 0 Å². The highest BCUT2D eigenvalue weighted by molar-refractivity contribution is 5.21. The molecule has 1 fully saturated rings. The Morgan fingerprint density at radius 2 is 2.00 bits per heavy atom. The Hall–Kier alpha value is -0.900. The molecule has 1 unspecified atom stereocenters. The first-order valence-electron chi connectivity index (χ1n) is 8.23. The topological polar surface area (TPSA) is 24.5 Å². The first kappa shape index (κ1) is 16.5. The smallest absolute Gasteiger partial charge is 0.0594 e. The van der Waals surface area contributed by atoms with E-state index in [4.69, 9.17) is 4.74 Å². The van der Waals surface area contributed by atoms with Crippen LogP contribution in [0, 0.1) is 12.8 Å². The molecule has 0 aromatic heterocycles. The van der Waals surface area contributed by atoms with Crippen LogP contribution in [-0.2, 0) is 11.3 Å². The second-order valence-corrected chi connectivity index (χ2v) is 6.55. The highest BCUT2D eigenvalue weighted by Crippen LogP contribution is 2.13. The van der Waals surface area contributed by atoms with Crippen LogP contribution in [0.25, 0.3) is 0 Å². The van der Waals surface area contributed by atoms with Crippen molar-refractivity contribution in [1.82, 2.24) is 10.2 Å². The maximum absolute atomic E-state index is 5.48. The van der Waals surface area contributed by atoms with Crippen LogP contribution in [0.15, 0.2) is 24.3 Å². The molecule has 1 aromatic rings. The van der Waals surface area contributed by atoms with E-state index in [1.807, 2.05) is 0 Å². The summed E-state index contributed by atoms with van der Waals surface area (Å²) in [4.78, 5) is 2.59. The summed E-state index contributed by atoms with van der Waals surface area (Å²) < 4.78 is 5.48. The molecule has 0 spiro atoms. The van der Waals surface area contributed by atoms with Crippen LogP contribution in [0.4, 0.5) is 0 Å². The number of nitrogens with one attached hydrogen (secondary N) is 1. The second-order valence-electron chi connectivity index (χ2n) is 6.55. The number of ether oxygens (including phenoxy) is 1. The Morgan fingerprint density at radius 3 is 2.67 bits per heavy atom. The minimum Gasteiger partial charge on any atom is -0.379 e. The van der Waals surface area contributed by atoms with E-state index in [-0.39, 0.29) is 0 Å². The number of nitrogens with zero attached hydrogens (tertiary/aromatic N) is 1. The van der Waals surface area contributed by atoms with Crippen molar-refractivity contribution < 1.29 is 4.74 Å². The Labute approximate surface area is 129 Å². The Bertz CT molecular complexity index is 413. The molecular formula is C18H30N2O. The van der Waals surface area contributed by atoms with Gasteiger partial charge in [0.2, 0.25) is 0 Å². The van der Waals surface area contributed by atoms with Crippen molar-refractivity contribution in [3.63, 3.8) is 0 Å². The highest BCUT2D eigenvalue weighted by atomic mass is 16.5. The molecule has 21 heavy (non-hydrogen) atoms. The Morgan fingerprint density at radius 1 is 1.24 bits per heavy atom. The molecule has 1 atom stereocenters. The van der Waals surface area contributed by atoms with Crippen LogP contribution in [0.2, 0.25) is 0 Å². The number of hydrogen-bond donors (Lipinski definition) is 1. The summed E-state index contributed by atoms with van der Waals surface area (Å²) in [7, 11) is 0. The normalized spacial score (nSPS) is 18.1. The van der Waals surface area contributed by atoms with Crippen molar-refractivity contribution in [2.24, 2.45) is 5.92 Å². The third-order valence-corrected chi connectivity index (χ3v) is 4.10. The van der Waals surface area contributed by atoms with Crippen LogP contribution in [0.3, 0.4) is 0 Å². The van der Waals surface area contributed by atoms with Crippen LogP contribution >= 0.6 is 0 Å². The molecular weight excluding hydrogens is 260 g/mol. The van der Waals surface area contributed by atoms with E-state index in [1.54, 1.807) is 0 Å². The first-order chi connectivity index (χ1) is 10.1. The molecule has 0 bridgehead atoms. The van der Waals surface area contributed by atoms with Gasteiger partial charge >= 0.3 is 0 Å². The summed E-state index contributed by atoms with van der Waals surface area (Å²) in [5, 5.41) is 3.65. The van der Waals surface area contributed by atoms with Gasteiger partial charge in [-0.15, -0.1) is 0 Å². The molecule has 1 N–H and O–H groups in total. The van der Waals surface area contributed by atoms with Gasteiger partial charge in [0.1, 0.15) is 0 Å². The molecule has 1 aliphatic heterocycles. The molecule has 0 radical (unpaired) electrons. The lowest BCUT2D eigenvalue weighted by atomic mass is 10.0. The molecule has 0 amide bonds. The SMILES string of the molecule is Cc1cccc(CNCC(CC(C)C)N2CCOCC2)c1. The lowest BCUT2D eigenvalue weighted by Gasteiger charge is -2.35. The Balaban J connectivity index is 1.83. The molecule has 1 aromatic carbocycles. The van der Waals surface area contributed by atoms with E-state index >= 15 is 0 Å². The third-order valence-electron chi connectivity index (χ3n) is 4.10. The number of hydrogen-bond acceptors (Lipinski definition) is 3. The van der Waals surface area contributed by atoms with E-state index in [2.05, 4.69) is 55.3 Å². The molecule has 3 heteroatoms. The maximum Gasteiger partial charge on any atom is 0.0594 e. The molecule has 1 saturated heterocycles. The minimum atomic E-state index is 0.624. The monoisotopic (exact) mass is 290 g/mol. The largest absolute Gasteiger partial charge is 0.379 e. The average Bonchev–Trinajstić information content (AvgIpc) is 2.47. The van der Waals surface area contributed by atoms with Gasteiger partial charge in [-0.05, 0) is 24.8 Å². The molecule has 3 nitrogen and oxygen atoms in total. The van der Waals surface area contributed by atoms with E-state index in [1.165, 1.54) is 17.5 Å². The molecule has 0 saturated carbocycles. The zero-order chi connectivity index (χ0) is 15.1. The van der Waals surface area contributed by atoms with Crippen molar-refractivity contribution in [1.29, 1.82) is 0 Å². The van der Waals surface area contributed by atoms with Gasteiger partial charge in [0.15, 0.2) is 0 Å². The van der Waals surface area contributed by atoms with Crippen molar-refractivity contribution in [2.75, 3.05) is 32.8 Å². The zero-order valence-corrected chi connectivity index (χ0v) is 13.8. The van der Waals surface area contributed by atoms with E-state index in [9.17, 15) is 0 Å². The second kappa shape index (κ2) is 8.52. The molecule has 0 aliphatic carbocycles. The van der Waals surface area contributed by atoms with Gasteiger partial charge in [-0.1, -0.05) is 43.7 Å². The van der Waals surface area contributed by atoms with Crippen LogP contribution in [0.5, 0.6) is 0 Å². The Kier molecular flexibility index (Phi) is 6.68. The molecule has 118 valence electrons. The molecule has 2 rings (SSSR count). The number of rotatable bonds is 7. The summed E-state index contributed by atoms with van der Waals surface area (Å²) in [6, 6.07) is 9.38. The fourth-order valence-electron chi connectivity index (χ4n) is 3.05. The van der Waals surface area contributed by atoms with Crippen molar-refractivity contribution in [2.45, 2.75) is 39.8 Å². The van der Waals surface area contributed by atoms with Gasteiger partial charge in [0.05, 0.1) is 13.2 Å². The van der Waals surface area contributed by atoms with Gasteiger partial charge in [-0.2, -0.15) is 0 Å². The predicted molar refractivity (Wildman–Crippen MR) is 88.5 cm³/mol. The number of benzene rings is 1. The molecule has 1 heterocycles. The van der Waals surface area contributed by atoms with Gasteiger partial charge in [0.25, 0.3) is 0 Å². The van der Waals surface area contributed by atoms with Crippen LogP contribution in [0.1, 0.15) is 31.4 Å². The average molecular weight is 290 g/mol. The van der Waals surface area contributed by atoms with Crippen molar-refractivity contribution >= 4 is 0 Å². The number of morpholine rings is 1. The lowest BCUT2D eigenvalue weighted by Crippen LogP contribution is -2.48. The van der Waals surface area contributed by atoms with Crippen LogP contribution < -0.4 is 5.32 Å². The predicted octanol–water partition coefficient (Wildman–Crippen LogP) is 2.83. The fourth-order valence-corrected chi connectivity index (χ4v) is 3.05. The minimum absolute atomic E-state index is 0.624. The van der Waals surface area contributed by atoms with E-state index in [0.717, 1.165) is 45.3 Å². The summed E-state index contributed by atoms with van der Waals surface area (Å²) in [6.45, 7) is 12.7. The standard InChI is InChI=1S/C18H30N2O/c1-15(2)11-18(20-7-9-21-10-8-20)14-19-13-17-6-4-5-16(3)12-17/h4-6,12,15,18-19H,7-11,13-14H2,1-3H3. The van der Waals surface area contributed by atoms with E-state index in [0.29, 0.717) is 6.04 Å². The third kappa shape index (κ3) is 5.77.